The smallest absolute Gasteiger partial charge is 0.406 e. The fraction of sp³-hybridized carbons (Fsp3) is 0.600. The molecular weight excluding hydrogens is 283 g/mol. The van der Waals surface area contributed by atoms with Gasteiger partial charge in [-0.2, -0.15) is 0 Å². The first-order chi connectivity index (χ1) is 9.90. The highest BCUT2D eigenvalue weighted by Crippen LogP contribution is 2.43. The van der Waals surface area contributed by atoms with Crippen LogP contribution in [0.4, 0.5) is 13.2 Å². The average molecular weight is 303 g/mol. The van der Waals surface area contributed by atoms with Gasteiger partial charge in [0.2, 0.25) is 0 Å². The largest absolute Gasteiger partial charge is 0.573 e. The predicted octanol–water partition coefficient (Wildman–Crippen LogP) is 3.80. The third-order valence-corrected chi connectivity index (χ3v) is 4.10. The van der Waals surface area contributed by atoms with Crippen molar-refractivity contribution in [2.24, 2.45) is 0 Å². The van der Waals surface area contributed by atoms with E-state index in [1.54, 1.807) is 26.3 Å². The van der Waals surface area contributed by atoms with E-state index in [0.29, 0.717) is 0 Å². The highest BCUT2D eigenvalue weighted by molar-refractivity contribution is 5.32. The first-order valence-electron chi connectivity index (χ1n) is 6.98. The molecule has 1 N–H and O–H groups in total. The molecule has 2 rings (SSSR count). The topological polar surface area (TPSA) is 30.5 Å². The Kier molecular flexibility index (Phi) is 4.78. The van der Waals surface area contributed by atoms with Crippen molar-refractivity contribution < 1.29 is 22.6 Å². The lowest BCUT2D eigenvalue weighted by Crippen LogP contribution is -2.42. The maximum atomic E-state index is 12.3. The number of benzene rings is 1. The van der Waals surface area contributed by atoms with Crippen molar-refractivity contribution in [1.82, 2.24) is 5.32 Å². The first-order valence-corrected chi connectivity index (χ1v) is 6.98. The lowest BCUT2D eigenvalue weighted by atomic mass is 9.86. The molecule has 118 valence electrons. The summed E-state index contributed by atoms with van der Waals surface area (Å²) in [5.41, 5.74) is 0.369. The fourth-order valence-corrected chi connectivity index (χ4v) is 3.21. The summed E-state index contributed by atoms with van der Waals surface area (Å²) in [6.45, 7) is 0. The minimum absolute atomic E-state index is 0.165. The number of hydrogen-bond acceptors (Lipinski definition) is 3. The Balaban J connectivity index is 2.28. The summed E-state index contributed by atoms with van der Waals surface area (Å²) in [6, 6.07) is 5.93. The SMILES string of the molecule is CNC(c1cccc(OC(F)(F)F)c1)C1(OC)CCCC1. The van der Waals surface area contributed by atoms with Gasteiger partial charge in [-0.1, -0.05) is 25.0 Å². The number of hydrogen-bond donors (Lipinski definition) is 1. The van der Waals surface area contributed by atoms with E-state index in [4.69, 9.17) is 4.74 Å². The fourth-order valence-electron chi connectivity index (χ4n) is 3.21. The number of ether oxygens (including phenoxy) is 2. The molecule has 6 heteroatoms. The van der Waals surface area contributed by atoms with Crippen LogP contribution >= 0.6 is 0 Å². The van der Waals surface area contributed by atoms with Gasteiger partial charge in [0.25, 0.3) is 0 Å². The zero-order valence-corrected chi connectivity index (χ0v) is 12.2. The molecule has 0 radical (unpaired) electrons. The highest BCUT2D eigenvalue weighted by Gasteiger charge is 2.42. The molecule has 1 fully saturated rings. The molecule has 1 atom stereocenters. The van der Waals surface area contributed by atoms with Crippen LogP contribution in [0, 0.1) is 0 Å². The van der Waals surface area contributed by atoms with Crippen molar-refractivity contribution in [3.8, 4) is 5.75 Å². The van der Waals surface area contributed by atoms with Gasteiger partial charge in [-0.25, -0.2) is 0 Å². The van der Waals surface area contributed by atoms with Crippen LogP contribution in [-0.2, 0) is 4.74 Å². The third-order valence-electron chi connectivity index (χ3n) is 4.10. The van der Waals surface area contributed by atoms with Crippen molar-refractivity contribution in [2.75, 3.05) is 14.2 Å². The van der Waals surface area contributed by atoms with Crippen LogP contribution in [0.1, 0.15) is 37.3 Å². The summed E-state index contributed by atoms with van der Waals surface area (Å²) in [6.07, 6.45) is -0.783. The van der Waals surface area contributed by atoms with Gasteiger partial charge in [-0.05, 0) is 37.6 Å². The van der Waals surface area contributed by atoms with Gasteiger partial charge >= 0.3 is 6.36 Å². The van der Waals surface area contributed by atoms with E-state index >= 15 is 0 Å². The van der Waals surface area contributed by atoms with Crippen LogP contribution in [0.25, 0.3) is 0 Å². The van der Waals surface area contributed by atoms with Crippen LogP contribution < -0.4 is 10.1 Å². The summed E-state index contributed by atoms with van der Waals surface area (Å²) in [5.74, 6) is -0.204. The number of alkyl halides is 3. The number of halogens is 3. The minimum Gasteiger partial charge on any atom is -0.406 e. The second-order valence-corrected chi connectivity index (χ2v) is 5.32. The van der Waals surface area contributed by atoms with Crippen molar-refractivity contribution in [2.45, 2.75) is 43.7 Å². The molecule has 0 aromatic heterocycles. The summed E-state index contributed by atoms with van der Waals surface area (Å²) in [7, 11) is 3.45. The summed E-state index contributed by atoms with van der Waals surface area (Å²) >= 11 is 0. The molecule has 0 saturated heterocycles. The average Bonchev–Trinajstić information content (AvgIpc) is 2.88. The molecule has 1 aliphatic carbocycles. The van der Waals surface area contributed by atoms with Gasteiger partial charge in [0.05, 0.1) is 11.6 Å². The molecule has 21 heavy (non-hydrogen) atoms. The quantitative estimate of drug-likeness (QED) is 0.897. The summed E-state index contributed by atoms with van der Waals surface area (Å²) < 4.78 is 46.7. The van der Waals surface area contributed by atoms with Crippen molar-refractivity contribution in [3.63, 3.8) is 0 Å². The number of rotatable bonds is 5. The number of methoxy groups -OCH3 is 1. The highest BCUT2D eigenvalue weighted by atomic mass is 19.4. The van der Waals surface area contributed by atoms with Gasteiger partial charge in [-0.3, -0.25) is 0 Å². The Morgan fingerprint density at radius 1 is 1.24 bits per heavy atom. The van der Waals surface area contributed by atoms with Crippen LogP contribution in [0.2, 0.25) is 0 Å². The molecule has 1 aromatic carbocycles. The molecular formula is C15H20F3NO2. The van der Waals surface area contributed by atoms with E-state index in [-0.39, 0.29) is 17.4 Å². The molecule has 0 spiro atoms. The van der Waals surface area contributed by atoms with Crippen LogP contribution in [0.5, 0.6) is 5.75 Å². The van der Waals surface area contributed by atoms with Crippen LogP contribution in [-0.4, -0.2) is 26.1 Å². The first kappa shape index (κ1) is 16.1. The lowest BCUT2D eigenvalue weighted by molar-refractivity contribution is -0.274. The Labute approximate surface area is 122 Å². The Bertz CT molecular complexity index is 470. The molecule has 0 amide bonds. The second kappa shape index (κ2) is 6.23. The zero-order chi connectivity index (χ0) is 15.5. The van der Waals surface area contributed by atoms with Gasteiger partial charge in [0.1, 0.15) is 5.75 Å². The Morgan fingerprint density at radius 3 is 2.43 bits per heavy atom. The van der Waals surface area contributed by atoms with Crippen LogP contribution in [0.15, 0.2) is 24.3 Å². The molecule has 1 aromatic rings. The summed E-state index contributed by atoms with van der Waals surface area (Å²) in [5, 5.41) is 3.18. The molecule has 0 aliphatic heterocycles. The maximum Gasteiger partial charge on any atom is 0.573 e. The van der Waals surface area contributed by atoms with E-state index in [9.17, 15) is 13.2 Å². The molecule has 1 saturated carbocycles. The third kappa shape index (κ3) is 3.68. The van der Waals surface area contributed by atoms with Crippen molar-refractivity contribution in [3.05, 3.63) is 29.8 Å². The van der Waals surface area contributed by atoms with E-state index in [1.165, 1.54) is 12.1 Å². The molecule has 3 nitrogen and oxygen atoms in total. The molecule has 1 aliphatic rings. The normalized spacial score (nSPS) is 19.5. The van der Waals surface area contributed by atoms with Crippen molar-refractivity contribution in [1.29, 1.82) is 0 Å². The Morgan fingerprint density at radius 2 is 1.90 bits per heavy atom. The van der Waals surface area contributed by atoms with E-state index in [2.05, 4.69) is 10.1 Å². The number of likely N-dealkylation sites (N-methyl/N-ethyl adjacent to an activating group) is 1. The van der Waals surface area contributed by atoms with E-state index in [0.717, 1.165) is 31.2 Å². The molecule has 1 unspecified atom stereocenters. The zero-order valence-electron chi connectivity index (χ0n) is 12.2. The van der Waals surface area contributed by atoms with Gasteiger partial charge in [-0.15, -0.1) is 13.2 Å². The maximum absolute atomic E-state index is 12.3. The summed E-state index contributed by atoms with van der Waals surface area (Å²) in [4.78, 5) is 0. The van der Waals surface area contributed by atoms with Gasteiger partial charge in [0, 0.05) is 7.11 Å². The van der Waals surface area contributed by atoms with Gasteiger partial charge in [0.15, 0.2) is 0 Å². The van der Waals surface area contributed by atoms with Crippen molar-refractivity contribution >= 4 is 0 Å². The predicted molar refractivity (Wildman–Crippen MR) is 73.1 cm³/mol. The molecule has 0 bridgehead atoms. The monoisotopic (exact) mass is 303 g/mol. The standard InChI is InChI=1S/C15H20F3NO2/c1-19-13(14(20-2)8-3-4-9-14)11-6-5-7-12(10-11)21-15(16,17)18/h5-7,10,13,19H,3-4,8-9H2,1-2H3. The lowest BCUT2D eigenvalue weighted by Gasteiger charge is -2.36. The van der Waals surface area contributed by atoms with E-state index < -0.39 is 6.36 Å². The van der Waals surface area contributed by atoms with E-state index in [1.807, 2.05) is 0 Å². The Hall–Kier alpha value is -1.27. The van der Waals surface area contributed by atoms with Crippen LogP contribution in [0.3, 0.4) is 0 Å². The minimum atomic E-state index is -4.68. The van der Waals surface area contributed by atoms with Gasteiger partial charge < -0.3 is 14.8 Å². The second-order valence-electron chi connectivity index (χ2n) is 5.32. The molecule has 0 heterocycles. The number of nitrogens with one attached hydrogen (secondary N) is 1.